The monoisotopic (exact) mass is 491 g/mol. The number of fused-ring (bicyclic) bond motifs is 6. The first-order valence-electron chi connectivity index (χ1n) is 12.5. The van der Waals surface area contributed by atoms with Crippen LogP contribution in [0.15, 0.2) is 101 Å². The van der Waals surface area contributed by atoms with E-state index in [1.165, 1.54) is 32.7 Å². The quantitative estimate of drug-likeness (QED) is 0.418. The number of ketones is 1. The third-order valence-corrected chi connectivity index (χ3v) is 9.05. The number of aryl methyl sites for hydroxylation is 1. The molecule has 0 saturated carbocycles. The lowest BCUT2D eigenvalue weighted by atomic mass is 9.79. The summed E-state index contributed by atoms with van der Waals surface area (Å²) in [5, 5.41) is 1.10. The molecule has 4 heterocycles. The maximum Gasteiger partial charge on any atom is 0.262 e. The summed E-state index contributed by atoms with van der Waals surface area (Å²) in [6, 6.07) is 17.1. The molecule has 1 aromatic heterocycles. The van der Waals surface area contributed by atoms with Crippen molar-refractivity contribution in [2.45, 2.75) is 31.8 Å². The molecular formula is C31H27N2O2S+. The molecule has 1 aliphatic carbocycles. The lowest BCUT2D eigenvalue weighted by Crippen LogP contribution is -2.39. The molecule has 0 amide bonds. The molecule has 3 aliphatic heterocycles. The fraction of sp³-hybridized carbons (Fsp3) is 0.226. The van der Waals surface area contributed by atoms with Gasteiger partial charge in [-0.15, -0.1) is 0 Å². The van der Waals surface area contributed by atoms with Crippen LogP contribution in [0.25, 0.3) is 16.3 Å². The summed E-state index contributed by atoms with van der Waals surface area (Å²) in [5.41, 5.74) is 7.97. The number of ether oxygens (including phenoxy) is 1. The summed E-state index contributed by atoms with van der Waals surface area (Å²) >= 11 is 1.73. The Morgan fingerprint density at radius 2 is 1.86 bits per heavy atom. The second-order valence-electron chi connectivity index (χ2n) is 10.4. The van der Waals surface area contributed by atoms with Crippen LogP contribution in [0.5, 0.6) is 0 Å². The lowest BCUT2D eigenvalue weighted by molar-refractivity contribution is -0.642. The Hall–Kier alpha value is -3.70. The highest BCUT2D eigenvalue weighted by Crippen LogP contribution is 2.52. The van der Waals surface area contributed by atoms with Crippen LogP contribution in [0.2, 0.25) is 0 Å². The maximum atomic E-state index is 13.0. The SMILES string of the molecule is C[n+]1c(/C=C/C2=CC3=CC4=C5N(CCC4OC3=CC2=O)c2ccccc2C5(C)C)sc2ccccc21. The molecular weight excluding hydrogens is 464 g/mol. The standard InChI is InChI=1S/C31H27N2O2S/c1-31(2)22-8-4-5-9-23(22)33-15-14-26-21(30(31)33)17-20-16-19(25(34)18-27(20)35-26)12-13-29-32(3)24-10-6-7-11-28(24)36-29/h4-13,16-18,26H,14-15H2,1-3H3/q+1. The second kappa shape index (κ2) is 7.65. The summed E-state index contributed by atoms with van der Waals surface area (Å²) in [5.74, 6) is 0.685. The van der Waals surface area contributed by atoms with Gasteiger partial charge in [0.05, 0.1) is 0 Å². The molecule has 0 N–H and O–H groups in total. The van der Waals surface area contributed by atoms with Crippen LogP contribution in [-0.2, 0) is 22.0 Å². The average Bonchev–Trinajstić information content (AvgIpc) is 3.33. The van der Waals surface area contributed by atoms with Crippen molar-refractivity contribution in [2.24, 2.45) is 7.05 Å². The minimum absolute atomic E-state index is 0.00990. The van der Waals surface area contributed by atoms with Crippen molar-refractivity contribution < 1.29 is 14.1 Å². The molecule has 4 nitrogen and oxygen atoms in total. The van der Waals surface area contributed by atoms with Gasteiger partial charge in [0, 0.05) is 64.7 Å². The van der Waals surface area contributed by atoms with E-state index < -0.39 is 0 Å². The molecule has 4 aliphatic rings. The number of rotatable bonds is 2. The highest BCUT2D eigenvalue weighted by atomic mass is 32.1. The molecule has 0 bridgehead atoms. The van der Waals surface area contributed by atoms with Crippen LogP contribution in [0.1, 0.15) is 30.8 Å². The van der Waals surface area contributed by atoms with Gasteiger partial charge in [-0.05, 0) is 35.9 Å². The summed E-state index contributed by atoms with van der Waals surface area (Å²) in [6.45, 7) is 5.53. The van der Waals surface area contributed by atoms with E-state index in [0.29, 0.717) is 11.3 Å². The first kappa shape index (κ1) is 21.6. The van der Waals surface area contributed by atoms with Crippen LogP contribution in [0.3, 0.4) is 0 Å². The summed E-state index contributed by atoms with van der Waals surface area (Å²) < 4.78 is 9.85. The van der Waals surface area contributed by atoms with E-state index in [1.807, 2.05) is 18.2 Å². The van der Waals surface area contributed by atoms with Crippen LogP contribution in [-0.4, -0.2) is 18.4 Å². The number of aromatic nitrogens is 1. The zero-order valence-electron chi connectivity index (χ0n) is 20.6. The molecule has 0 saturated heterocycles. The number of hydrogen-bond donors (Lipinski definition) is 0. The van der Waals surface area contributed by atoms with Crippen molar-refractivity contribution in [3.05, 3.63) is 112 Å². The van der Waals surface area contributed by atoms with Gasteiger partial charge in [0.2, 0.25) is 5.52 Å². The van der Waals surface area contributed by atoms with Crippen molar-refractivity contribution in [3.63, 3.8) is 0 Å². The number of para-hydroxylation sites is 2. The van der Waals surface area contributed by atoms with Crippen LogP contribution < -0.4 is 9.47 Å². The van der Waals surface area contributed by atoms with Crippen molar-refractivity contribution in [1.29, 1.82) is 0 Å². The number of allylic oxidation sites excluding steroid dienone is 5. The predicted octanol–water partition coefficient (Wildman–Crippen LogP) is 5.91. The smallest absolute Gasteiger partial charge is 0.262 e. The number of nitrogens with zero attached hydrogens (tertiary/aromatic N) is 2. The van der Waals surface area contributed by atoms with Crippen LogP contribution >= 0.6 is 11.3 Å². The number of carbonyl (C=O) groups excluding carboxylic acids is 1. The fourth-order valence-corrected chi connectivity index (χ4v) is 7.15. The minimum Gasteiger partial charge on any atom is -0.485 e. The third-order valence-electron chi connectivity index (χ3n) is 7.86. The molecule has 1 unspecified atom stereocenters. The summed E-state index contributed by atoms with van der Waals surface area (Å²) in [6.07, 6.45) is 10.8. The largest absolute Gasteiger partial charge is 0.485 e. The Kier molecular flexibility index (Phi) is 4.58. The maximum absolute atomic E-state index is 13.0. The van der Waals surface area contributed by atoms with Crippen molar-refractivity contribution in [2.75, 3.05) is 11.4 Å². The highest BCUT2D eigenvalue weighted by Gasteiger charge is 2.46. The van der Waals surface area contributed by atoms with E-state index in [2.05, 4.69) is 85.0 Å². The van der Waals surface area contributed by atoms with Gasteiger partial charge >= 0.3 is 0 Å². The van der Waals surface area contributed by atoms with Crippen molar-refractivity contribution in [1.82, 2.24) is 0 Å². The van der Waals surface area contributed by atoms with Crippen molar-refractivity contribution in [3.8, 4) is 0 Å². The fourth-order valence-electron chi connectivity index (χ4n) is 6.10. The van der Waals surface area contributed by atoms with Gasteiger partial charge < -0.3 is 9.64 Å². The van der Waals surface area contributed by atoms with Crippen molar-refractivity contribution >= 4 is 39.1 Å². The second-order valence-corrected chi connectivity index (χ2v) is 11.4. The molecule has 1 atom stereocenters. The molecule has 0 fully saturated rings. The Balaban J connectivity index is 1.30. The van der Waals surface area contributed by atoms with Gasteiger partial charge in [-0.1, -0.05) is 55.5 Å². The Morgan fingerprint density at radius 3 is 2.72 bits per heavy atom. The van der Waals surface area contributed by atoms with E-state index in [-0.39, 0.29) is 17.3 Å². The Labute approximate surface area is 214 Å². The molecule has 2 aromatic carbocycles. The zero-order valence-corrected chi connectivity index (χ0v) is 21.4. The molecule has 0 spiro atoms. The van der Waals surface area contributed by atoms with Gasteiger partial charge in [-0.3, -0.25) is 4.79 Å². The predicted molar refractivity (Wildman–Crippen MR) is 145 cm³/mol. The van der Waals surface area contributed by atoms with Gasteiger partial charge in [0.25, 0.3) is 5.01 Å². The van der Waals surface area contributed by atoms with Gasteiger partial charge in [-0.2, -0.15) is 4.57 Å². The van der Waals surface area contributed by atoms with Gasteiger partial charge in [0.15, 0.2) is 5.78 Å². The molecule has 36 heavy (non-hydrogen) atoms. The summed E-state index contributed by atoms with van der Waals surface area (Å²) in [4.78, 5) is 15.5. The van der Waals surface area contributed by atoms with E-state index in [1.54, 1.807) is 17.4 Å². The molecule has 7 rings (SSSR count). The first-order chi connectivity index (χ1) is 17.4. The first-order valence-corrected chi connectivity index (χ1v) is 13.3. The molecule has 0 radical (unpaired) electrons. The van der Waals surface area contributed by atoms with E-state index in [0.717, 1.165) is 23.5 Å². The number of carbonyl (C=O) groups is 1. The number of anilines is 1. The molecule has 3 aromatic rings. The number of benzene rings is 2. The zero-order chi connectivity index (χ0) is 24.6. The topological polar surface area (TPSA) is 33.4 Å². The van der Waals surface area contributed by atoms with E-state index in [9.17, 15) is 4.79 Å². The highest BCUT2D eigenvalue weighted by molar-refractivity contribution is 7.18. The summed E-state index contributed by atoms with van der Waals surface area (Å²) in [7, 11) is 2.06. The average molecular weight is 492 g/mol. The molecule has 178 valence electrons. The Morgan fingerprint density at radius 1 is 1.06 bits per heavy atom. The third kappa shape index (κ3) is 3.05. The van der Waals surface area contributed by atoms with E-state index >= 15 is 0 Å². The lowest BCUT2D eigenvalue weighted by Gasteiger charge is -2.40. The van der Waals surface area contributed by atoms with Gasteiger partial charge in [0.1, 0.15) is 23.6 Å². The normalized spacial score (nSPS) is 22.0. The van der Waals surface area contributed by atoms with Gasteiger partial charge in [-0.25, -0.2) is 0 Å². The number of hydrogen-bond acceptors (Lipinski definition) is 4. The molecule has 5 heteroatoms. The minimum atomic E-state index is -0.0981. The number of thiazole rings is 1. The van der Waals surface area contributed by atoms with Crippen LogP contribution in [0.4, 0.5) is 5.69 Å². The van der Waals surface area contributed by atoms with E-state index in [4.69, 9.17) is 4.74 Å². The van der Waals surface area contributed by atoms with Crippen LogP contribution in [0, 0.1) is 0 Å². The Bertz CT molecular complexity index is 1630.